The van der Waals surface area contributed by atoms with Gasteiger partial charge in [-0.2, -0.15) is 0 Å². The highest BCUT2D eigenvalue weighted by Gasteiger charge is 2.36. The number of amides is 1. The summed E-state index contributed by atoms with van der Waals surface area (Å²) in [7, 11) is 0. The number of piperidine rings is 1. The summed E-state index contributed by atoms with van der Waals surface area (Å²) in [4.78, 5) is 35.3. The minimum atomic E-state index is -1.19. The van der Waals surface area contributed by atoms with Crippen molar-refractivity contribution in [3.05, 3.63) is 82.4 Å². The number of aromatic nitrogens is 1. The topological polar surface area (TPSA) is 83.0 Å². The zero-order valence-corrected chi connectivity index (χ0v) is 29.8. The van der Waals surface area contributed by atoms with E-state index in [9.17, 15) is 19.1 Å². The van der Waals surface area contributed by atoms with Gasteiger partial charge in [-0.15, -0.1) is 0 Å². The number of benzene rings is 2. The molecule has 47 heavy (non-hydrogen) atoms. The van der Waals surface area contributed by atoms with Gasteiger partial charge in [0.15, 0.2) is 6.10 Å². The average Bonchev–Trinajstić information content (AvgIpc) is 2.96. The molecular weight excluding hydrogens is 593 g/mol. The number of ether oxygens (including phenoxy) is 1. The minimum Gasteiger partial charge on any atom is -0.479 e. The van der Waals surface area contributed by atoms with Gasteiger partial charge in [0.05, 0.1) is 11.3 Å². The second-order valence-electron chi connectivity index (χ2n) is 15.8. The molecule has 0 radical (unpaired) electrons. The SMILES string of the molecule is Cc1nc(C)c(C(OC(C)(C)C)C(=O)O)c(N2CCC(C)(C)CC2)c1-c1ccc(CN(Cc2ccc(F)cc2)C(=O)C(C)(C)C)cc1. The third kappa shape index (κ3) is 8.98. The highest BCUT2D eigenvalue weighted by atomic mass is 19.1. The van der Waals surface area contributed by atoms with Gasteiger partial charge in [0.2, 0.25) is 5.91 Å². The molecule has 1 aliphatic heterocycles. The summed E-state index contributed by atoms with van der Waals surface area (Å²) in [5.74, 6) is -1.35. The van der Waals surface area contributed by atoms with E-state index in [1.165, 1.54) is 12.1 Å². The lowest BCUT2D eigenvalue weighted by molar-refractivity contribution is -0.160. The van der Waals surface area contributed by atoms with Crippen LogP contribution in [0.5, 0.6) is 0 Å². The number of hydrogen-bond donors (Lipinski definition) is 1. The Morgan fingerprint density at radius 2 is 1.43 bits per heavy atom. The molecule has 0 bridgehead atoms. The molecule has 1 atom stereocenters. The van der Waals surface area contributed by atoms with E-state index in [0.717, 1.165) is 59.6 Å². The van der Waals surface area contributed by atoms with Crippen molar-refractivity contribution in [3.63, 3.8) is 0 Å². The van der Waals surface area contributed by atoms with Crippen molar-refractivity contribution in [3.8, 4) is 11.1 Å². The van der Waals surface area contributed by atoms with E-state index in [-0.39, 0.29) is 17.1 Å². The molecule has 1 saturated heterocycles. The smallest absolute Gasteiger partial charge is 0.337 e. The Kier molecular flexibility index (Phi) is 10.6. The lowest BCUT2D eigenvalue weighted by Crippen LogP contribution is -2.39. The number of aliphatic carboxylic acids is 1. The van der Waals surface area contributed by atoms with Gasteiger partial charge in [-0.3, -0.25) is 9.78 Å². The van der Waals surface area contributed by atoms with Gasteiger partial charge in [-0.25, -0.2) is 9.18 Å². The maximum absolute atomic E-state index is 13.6. The molecule has 2 heterocycles. The number of pyridine rings is 1. The summed E-state index contributed by atoms with van der Waals surface area (Å²) in [6, 6.07) is 14.4. The van der Waals surface area contributed by atoms with Gasteiger partial charge < -0.3 is 19.6 Å². The number of rotatable bonds is 9. The first kappa shape index (κ1) is 36.1. The second-order valence-corrected chi connectivity index (χ2v) is 15.8. The van der Waals surface area contributed by atoms with E-state index < -0.39 is 23.1 Å². The minimum absolute atomic E-state index is 0.00277. The molecule has 0 aliphatic carbocycles. The lowest BCUT2D eigenvalue weighted by Gasteiger charge is -2.41. The number of anilines is 1. The second kappa shape index (κ2) is 13.8. The maximum atomic E-state index is 13.6. The fraction of sp³-hybridized carbons (Fsp3) is 0.513. The van der Waals surface area contributed by atoms with Crippen LogP contribution in [-0.2, 0) is 27.4 Å². The fourth-order valence-electron chi connectivity index (χ4n) is 6.24. The largest absolute Gasteiger partial charge is 0.479 e. The lowest BCUT2D eigenvalue weighted by atomic mass is 9.81. The molecule has 0 saturated carbocycles. The summed E-state index contributed by atoms with van der Waals surface area (Å²) in [5, 5.41) is 10.5. The molecule has 3 aromatic rings. The van der Waals surface area contributed by atoms with Gasteiger partial charge in [0, 0.05) is 54.1 Å². The van der Waals surface area contributed by atoms with Gasteiger partial charge in [0.1, 0.15) is 5.82 Å². The summed E-state index contributed by atoms with van der Waals surface area (Å²) >= 11 is 0. The maximum Gasteiger partial charge on any atom is 0.337 e. The fourth-order valence-corrected chi connectivity index (χ4v) is 6.24. The normalized spacial score (nSPS) is 15.8. The monoisotopic (exact) mass is 645 g/mol. The molecule has 1 fully saturated rings. The van der Waals surface area contributed by atoms with Gasteiger partial charge in [-0.05, 0) is 81.7 Å². The first-order chi connectivity index (χ1) is 21.8. The van der Waals surface area contributed by atoms with Crippen molar-refractivity contribution in [2.45, 2.75) is 107 Å². The molecule has 0 spiro atoms. The van der Waals surface area contributed by atoms with Gasteiger partial charge in [-0.1, -0.05) is 71.0 Å². The van der Waals surface area contributed by atoms with Crippen LogP contribution in [0.2, 0.25) is 0 Å². The molecule has 4 rings (SSSR count). The molecule has 1 N–H and O–H groups in total. The number of carboxylic acids is 1. The van der Waals surface area contributed by atoms with Crippen molar-refractivity contribution >= 4 is 17.6 Å². The van der Waals surface area contributed by atoms with E-state index in [4.69, 9.17) is 9.72 Å². The van der Waals surface area contributed by atoms with E-state index in [1.54, 1.807) is 17.0 Å². The van der Waals surface area contributed by atoms with Crippen LogP contribution in [0.1, 0.15) is 102 Å². The Balaban J connectivity index is 1.79. The van der Waals surface area contributed by atoms with Crippen LogP contribution in [0.4, 0.5) is 10.1 Å². The van der Waals surface area contributed by atoms with E-state index in [0.29, 0.717) is 24.3 Å². The first-order valence-corrected chi connectivity index (χ1v) is 16.6. The van der Waals surface area contributed by atoms with E-state index in [2.05, 4.69) is 18.7 Å². The Bertz CT molecular complexity index is 1570. The average molecular weight is 646 g/mol. The Morgan fingerprint density at radius 3 is 1.89 bits per heavy atom. The summed E-state index contributed by atoms with van der Waals surface area (Å²) < 4.78 is 19.8. The van der Waals surface area contributed by atoms with Crippen LogP contribution < -0.4 is 4.90 Å². The summed E-state index contributed by atoms with van der Waals surface area (Å²) in [6.45, 7) is 22.0. The molecule has 1 aromatic heterocycles. The molecular formula is C39H52FN3O4. The summed E-state index contributed by atoms with van der Waals surface area (Å²) in [5.41, 5.74) is 5.49. The zero-order valence-electron chi connectivity index (χ0n) is 29.8. The first-order valence-electron chi connectivity index (χ1n) is 16.6. The van der Waals surface area contributed by atoms with Gasteiger partial charge in [0.25, 0.3) is 0 Å². The molecule has 254 valence electrons. The van der Waals surface area contributed by atoms with Crippen LogP contribution in [0.3, 0.4) is 0 Å². The Labute approximate surface area is 280 Å². The molecule has 8 heteroatoms. The Hall–Kier alpha value is -3.78. The molecule has 1 amide bonds. The predicted octanol–water partition coefficient (Wildman–Crippen LogP) is 8.65. The highest BCUT2D eigenvalue weighted by molar-refractivity contribution is 5.88. The van der Waals surface area contributed by atoms with Crippen molar-refractivity contribution in [2.75, 3.05) is 18.0 Å². The van der Waals surface area contributed by atoms with Crippen molar-refractivity contribution in [1.29, 1.82) is 0 Å². The number of carbonyl (C=O) groups excluding carboxylic acids is 1. The summed E-state index contributed by atoms with van der Waals surface area (Å²) in [6.07, 6.45) is 0.776. The third-order valence-electron chi connectivity index (χ3n) is 8.80. The highest BCUT2D eigenvalue weighted by Crippen LogP contribution is 2.45. The van der Waals surface area contributed by atoms with Crippen LogP contribution >= 0.6 is 0 Å². The van der Waals surface area contributed by atoms with Crippen LogP contribution in [-0.4, -0.2) is 45.6 Å². The molecule has 2 aromatic carbocycles. The van der Waals surface area contributed by atoms with Crippen LogP contribution in [0, 0.1) is 30.5 Å². The Morgan fingerprint density at radius 1 is 0.915 bits per heavy atom. The van der Waals surface area contributed by atoms with Gasteiger partial charge >= 0.3 is 5.97 Å². The van der Waals surface area contributed by atoms with E-state index >= 15 is 0 Å². The van der Waals surface area contributed by atoms with E-state index in [1.807, 2.05) is 79.7 Å². The quantitative estimate of drug-likeness (QED) is 0.251. The van der Waals surface area contributed by atoms with Crippen LogP contribution in [0.25, 0.3) is 11.1 Å². The number of hydrogen-bond acceptors (Lipinski definition) is 5. The zero-order chi connectivity index (χ0) is 34.9. The van der Waals surface area contributed by atoms with Crippen molar-refractivity contribution in [1.82, 2.24) is 9.88 Å². The number of carbonyl (C=O) groups is 2. The number of halogens is 1. The predicted molar refractivity (Wildman–Crippen MR) is 186 cm³/mol. The number of nitrogens with zero attached hydrogens (tertiary/aromatic N) is 3. The van der Waals surface area contributed by atoms with Crippen molar-refractivity contribution in [2.24, 2.45) is 10.8 Å². The standard InChI is InChI=1S/C39H52FN3O4/c1-25-31(29-15-11-27(12-16-29)23-43(36(46)37(3,4)5)24-28-13-17-30(40)18-14-28)33(42-21-19-39(9,10)20-22-42)32(26(2)41-25)34(35(44)45)47-38(6,7)8/h11-18,34H,19-24H2,1-10H3,(H,44,45). The molecule has 7 nitrogen and oxygen atoms in total. The molecule has 1 aliphatic rings. The third-order valence-corrected chi connectivity index (χ3v) is 8.80. The van der Waals surface area contributed by atoms with Crippen molar-refractivity contribution < 1.29 is 23.8 Å². The molecule has 1 unspecified atom stereocenters. The van der Waals surface area contributed by atoms with Crippen LogP contribution in [0.15, 0.2) is 48.5 Å². The number of carboxylic acid groups (broad SMARTS) is 1. The number of aryl methyl sites for hydroxylation is 2.